The zero-order valence-corrected chi connectivity index (χ0v) is 12.6. The Bertz CT molecular complexity index is 733. The van der Waals surface area contributed by atoms with E-state index in [1.165, 1.54) is 11.3 Å². The highest BCUT2D eigenvalue weighted by Crippen LogP contribution is 2.33. The smallest absolute Gasteiger partial charge is 0.206 e. The van der Waals surface area contributed by atoms with Crippen LogP contribution in [0.2, 0.25) is 0 Å². The van der Waals surface area contributed by atoms with Crippen molar-refractivity contribution < 1.29 is 8.42 Å². The SMILES string of the molecule is C[C@@H]1C=Cc2ccccc2[C@H]1NS(=O)(=O)c1cccs1. The Morgan fingerprint density at radius 2 is 1.95 bits per heavy atom. The van der Waals surface area contributed by atoms with E-state index in [4.69, 9.17) is 0 Å². The molecule has 1 N–H and O–H groups in total. The number of benzene rings is 1. The predicted octanol–water partition coefficient (Wildman–Crippen LogP) is 3.43. The Hall–Kier alpha value is -1.43. The first-order valence-corrected chi connectivity index (χ1v) is 8.77. The van der Waals surface area contributed by atoms with Crippen LogP contribution in [0.15, 0.2) is 52.1 Å². The van der Waals surface area contributed by atoms with Gasteiger partial charge in [-0.2, -0.15) is 0 Å². The van der Waals surface area contributed by atoms with Crippen LogP contribution in [0.25, 0.3) is 6.08 Å². The minimum Gasteiger partial charge on any atom is -0.206 e. The van der Waals surface area contributed by atoms with Gasteiger partial charge >= 0.3 is 0 Å². The van der Waals surface area contributed by atoms with E-state index in [2.05, 4.69) is 10.8 Å². The number of hydrogen-bond acceptors (Lipinski definition) is 3. The van der Waals surface area contributed by atoms with Gasteiger partial charge in [0.05, 0.1) is 6.04 Å². The lowest BCUT2D eigenvalue weighted by molar-refractivity contribution is 0.495. The molecule has 3 rings (SSSR count). The summed E-state index contributed by atoms with van der Waals surface area (Å²) < 4.78 is 28.0. The molecule has 20 heavy (non-hydrogen) atoms. The highest BCUT2D eigenvalue weighted by molar-refractivity contribution is 7.91. The summed E-state index contributed by atoms with van der Waals surface area (Å²) >= 11 is 1.23. The Balaban J connectivity index is 1.97. The van der Waals surface area contributed by atoms with Crippen molar-refractivity contribution in [1.29, 1.82) is 0 Å². The van der Waals surface area contributed by atoms with Gasteiger partial charge in [-0.3, -0.25) is 0 Å². The van der Waals surface area contributed by atoms with Crippen molar-refractivity contribution in [2.75, 3.05) is 0 Å². The Morgan fingerprint density at radius 3 is 2.70 bits per heavy atom. The zero-order valence-electron chi connectivity index (χ0n) is 11.0. The molecular formula is C15H15NO2S2. The van der Waals surface area contributed by atoms with Crippen molar-refractivity contribution in [3.05, 3.63) is 59.0 Å². The van der Waals surface area contributed by atoms with Crippen LogP contribution in [-0.2, 0) is 10.0 Å². The van der Waals surface area contributed by atoms with E-state index in [0.717, 1.165) is 11.1 Å². The molecule has 0 saturated carbocycles. The maximum atomic E-state index is 12.4. The molecule has 2 aromatic rings. The second-order valence-corrected chi connectivity index (χ2v) is 7.77. The summed E-state index contributed by atoms with van der Waals surface area (Å²) in [5, 5.41) is 1.77. The largest absolute Gasteiger partial charge is 0.250 e. The average Bonchev–Trinajstić information content (AvgIpc) is 2.97. The lowest BCUT2D eigenvalue weighted by Crippen LogP contribution is -2.33. The van der Waals surface area contributed by atoms with Crippen LogP contribution in [0.5, 0.6) is 0 Å². The zero-order chi connectivity index (χ0) is 14.2. The van der Waals surface area contributed by atoms with Gasteiger partial charge in [0, 0.05) is 0 Å². The van der Waals surface area contributed by atoms with Crippen LogP contribution >= 0.6 is 11.3 Å². The van der Waals surface area contributed by atoms with Crippen molar-refractivity contribution in [1.82, 2.24) is 4.72 Å². The quantitative estimate of drug-likeness (QED) is 0.944. The number of sulfonamides is 1. The van der Waals surface area contributed by atoms with E-state index >= 15 is 0 Å². The second kappa shape index (κ2) is 5.16. The highest BCUT2D eigenvalue weighted by atomic mass is 32.2. The van der Waals surface area contributed by atoms with E-state index in [9.17, 15) is 8.42 Å². The number of fused-ring (bicyclic) bond motifs is 1. The van der Waals surface area contributed by atoms with Gasteiger partial charge in [-0.1, -0.05) is 49.4 Å². The molecular weight excluding hydrogens is 290 g/mol. The normalized spacial score (nSPS) is 21.6. The molecule has 0 radical (unpaired) electrons. The summed E-state index contributed by atoms with van der Waals surface area (Å²) in [6, 6.07) is 11.0. The second-order valence-electron chi connectivity index (χ2n) is 4.88. The van der Waals surface area contributed by atoms with Gasteiger partial charge in [-0.25, -0.2) is 13.1 Å². The molecule has 2 atom stereocenters. The minimum atomic E-state index is -3.46. The average molecular weight is 305 g/mol. The first kappa shape index (κ1) is 13.5. The van der Waals surface area contributed by atoms with Crippen molar-refractivity contribution >= 4 is 27.4 Å². The molecule has 0 spiro atoms. The van der Waals surface area contributed by atoms with Crippen LogP contribution < -0.4 is 4.72 Å². The molecule has 5 heteroatoms. The van der Waals surface area contributed by atoms with Crippen LogP contribution in [0.3, 0.4) is 0 Å². The summed E-state index contributed by atoms with van der Waals surface area (Å²) in [6.07, 6.45) is 4.10. The lowest BCUT2D eigenvalue weighted by Gasteiger charge is -2.27. The molecule has 1 aromatic heterocycles. The lowest BCUT2D eigenvalue weighted by atomic mass is 9.86. The fourth-order valence-electron chi connectivity index (χ4n) is 2.41. The molecule has 0 fully saturated rings. The van der Waals surface area contributed by atoms with Gasteiger partial charge in [0.2, 0.25) is 0 Å². The number of rotatable bonds is 3. The third-order valence-corrected chi connectivity index (χ3v) is 6.32. The molecule has 3 nitrogen and oxygen atoms in total. The van der Waals surface area contributed by atoms with Crippen molar-refractivity contribution in [2.24, 2.45) is 5.92 Å². The standard InChI is InChI=1S/C15H15NO2S2/c1-11-8-9-12-5-2-3-6-13(12)15(11)16-20(17,18)14-7-4-10-19-14/h2-11,15-16H,1H3/t11-,15+/m1/s1. The highest BCUT2D eigenvalue weighted by Gasteiger charge is 2.28. The van der Waals surface area contributed by atoms with Gasteiger partial charge in [-0.05, 0) is 28.5 Å². The molecule has 1 aliphatic carbocycles. The van der Waals surface area contributed by atoms with Crippen molar-refractivity contribution in [3.63, 3.8) is 0 Å². The Labute approximate surface area is 123 Å². The maximum Gasteiger partial charge on any atom is 0.250 e. The topological polar surface area (TPSA) is 46.2 Å². The molecule has 1 heterocycles. The van der Waals surface area contributed by atoms with Crippen LogP contribution in [0.4, 0.5) is 0 Å². The van der Waals surface area contributed by atoms with E-state index in [0.29, 0.717) is 4.21 Å². The fourth-order valence-corrected chi connectivity index (χ4v) is 4.72. The van der Waals surface area contributed by atoms with Crippen molar-refractivity contribution in [3.8, 4) is 0 Å². The molecule has 0 bridgehead atoms. The minimum absolute atomic E-state index is 0.125. The van der Waals surface area contributed by atoms with E-state index in [-0.39, 0.29) is 12.0 Å². The Kier molecular flexibility index (Phi) is 3.50. The van der Waals surface area contributed by atoms with Gasteiger partial charge < -0.3 is 0 Å². The molecule has 1 aromatic carbocycles. The van der Waals surface area contributed by atoms with E-state index < -0.39 is 10.0 Å². The first-order valence-electron chi connectivity index (χ1n) is 6.41. The van der Waals surface area contributed by atoms with Crippen LogP contribution in [-0.4, -0.2) is 8.42 Å². The predicted molar refractivity (Wildman–Crippen MR) is 82.0 cm³/mol. The Morgan fingerprint density at radius 1 is 1.15 bits per heavy atom. The third kappa shape index (κ3) is 2.44. The molecule has 0 unspecified atom stereocenters. The monoisotopic (exact) mass is 305 g/mol. The fraction of sp³-hybridized carbons (Fsp3) is 0.200. The summed E-state index contributed by atoms with van der Waals surface area (Å²) in [5.74, 6) is 0.125. The summed E-state index contributed by atoms with van der Waals surface area (Å²) in [7, 11) is -3.46. The molecule has 104 valence electrons. The van der Waals surface area contributed by atoms with E-state index in [1.54, 1.807) is 17.5 Å². The molecule has 0 saturated heterocycles. The summed E-state index contributed by atoms with van der Waals surface area (Å²) in [4.78, 5) is 0. The summed E-state index contributed by atoms with van der Waals surface area (Å²) in [6.45, 7) is 2.02. The van der Waals surface area contributed by atoms with Crippen LogP contribution in [0.1, 0.15) is 24.1 Å². The molecule has 0 aliphatic heterocycles. The van der Waals surface area contributed by atoms with Gasteiger partial charge in [0.15, 0.2) is 0 Å². The van der Waals surface area contributed by atoms with Crippen molar-refractivity contribution in [2.45, 2.75) is 17.2 Å². The number of thiophene rings is 1. The first-order chi connectivity index (χ1) is 9.58. The van der Waals surface area contributed by atoms with E-state index in [1.807, 2.05) is 37.3 Å². The molecule has 0 amide bonds. The molecule has 1 aliphatic rings. The van der Waals surface area contributed by atoms with Gasteiger partial charge in [0.25, 0.3) is 10.0 Å². The maximum absolute atomic E-state index is 12.4. The number of hydrogen-bond donors (Lipinski definition) is 1. The summed E-state index contributed by atoms with van der Waals surface area (Å²) in [5.41, 5.74) is 2.10. The van der Waals surface area contributed by atoms with Crippen LogP contribution in [0, 0.1) is 5.92 Å². The van der Waals surface area contributed by atoms with Gasteiger partial charge in [0.1, 0.15) is 4.21 Å². The number of nitrogens with one attached hydrogen (secondary N) is 1. The van der Waals surface area contributed by atoms with Gasteiger partial charge in [-0.15, -0.1) is 11.3 Å². The third-order valence-electron chi connectivity index (χ3n) is 3.48.